The normalized spacial score (nSPS) is 12.9. The molecule has 0 fully saturated rings. The summed E-state index contributed by atoms with van der Waals surface area (Å²) < 4.78 is 6.14. The lowest BCUT2D eigenvalue weighted by Gasteiger charge is -2.11. The van der Waals surface area contributed by atoms with Crippen molar-refractivity contribution in [2.24, 2.45) is 0 Å². The van der Waals surface area contributed by atoms with Gasteiger partial charge in [-0.1, -0.05) is 11.6 Å². The van der Waals surface area contributed by atoms with Crippen LogP contribution in [-0.2, 0) is 13.0 Å². The summed E-state index contributed by atoms with van der Waals surface area (Å²) in [6, 6.07) is 8.30. The van der Waals surface area contributed by atoms with E-state index in [1.807, 2.05) is 18.2 Å². The molecule has 86 valence electrons. The van der Waals surface area contributed by atoms with Gasteiger partial charge < -0.3 is 9.73 Å². The van der Waals surface area contributed by atoms with Crippen molar-refractivity contribution in [1.82, 2.24) is 5.32 Å². The summed E-state index contributed by atoms with van der Waals surface area (Å²) in [4.78, 5) is 1.26. The Morgan fingerprint density at radius 3 is 2.94 bits per heavy atom. The quantitative estimate of drug-likeness (QED) is 0.881. The zero-order chi connectivity index (χ0) is 11.4. The molecule has 0 saturated carbocycles. The van der Waals surface area contributed by atoms with Crippen molar-refractivity contribution in [3.63, 3.8) is 0 Å². The number of furan rings is 1. The van der Waals surface area contributed by atoms with Gasteiger partial charge in [0.25, 0.3) is 0 Å². The van der Waals surface area contributed by atoms with Gasteiger partial charge in [0, 0.05) is 23.9 Å². The van der Waals surface area contributed by atoms with Gasteiger partial charge in [-0.15, -0.1) is 11.3 Å². The minimum absolute atomic E-state index is 0.395. The van der Waals surface area contributed by atoms with Gasteiger partial charge >= 0.3 is 0 Å². The zero-order valence-corrected chi connectivity index (χ0v) is 10.6. The van der Waals surface area contributed by atoms with Gasteiger partial charge in [-0.2, -0.15) is 0 Å². The molecule has 0 amide bonds. The Labute approximate surface area is 104 Å². The molecule has 2 rings (SSSR count). The fourth-order valence-electron chi connectivity index (χ4n) is 1.52. The second-order valence-corrected chi connectivity index (χ2v) is 5.57. The van der Waals surface area contributed by atoms with Crippen LogP contribution in [0.3, 0.4) is 0 Å². The monoisotopic (exact) mass is 255 g/mol. The molecule has 1 atom stereocenters. The molecule has 0 aliphatic heterocycles. The van der Waals surface area contributed by atoms with E-state index in [4.69, 9.17) is 16.0 Å². The van der Waals surface area contributed by atoms with Crippen LogP contribution in [0.2, 0.25) is 4.34 Å². The Hall–Kier alpha value is -0.770. The summed E-state index contributed by atoms with van der Waals surface area (Å²) >= 11 is 7.48. The van der Waals surface area contributed by atoms with Crippen LogP contribution in [0.5, 0.6) is 0 Å². The molecule has 0 radical (unpaired) electrons. The summed E-state index contributed by atoms with van der Waals surface area (Å²) in [5.74, 6) is 1.02. The van der Waals surface area contributed by atoms with Crippen molar-refractivity contribution in [1.29, 1.82) is 0 Å². The third-order valence-corrected chi connectivity index (χ3v) is 3.57. The molecular formula is C12H14ClNOS. The van der Waals surface area contributed by atoms with E-state index in [1.165, 1.54) is 4.88 Å². The molecule has 0 aliphatic rings. The molecule has 0 aromatic carbocycles. The summed E-state index contributed by atoms with van der Waals surface area (Å²) in [6.07, 6.45) is 2.62. The van der Waals surface area contributed by atoms with E-state index in [9.17, 15) is 0 Å². The average molecular weight is 256 g/mol. The topological polar surface area (TPSA) is 25.2 Å². The van der Waals surface area contributed by atoms with Crippen LogP contribution in [0.25, 0.3) is 0 Å². The summed E-state index contributed by atoms with van der Waals surface area (Å²) in [5, 5.41) is 3.44. The van der Waals surface area contributed by atoms with Crippen molar-refractivity contribution in [3.05, 3.63) is 45.5 Å². The van der Waals surface area contributed by atoms with Crippen molar-refractivity contribution >= 4 is 22.9 Å². The second-order valence-electron chi connectivity index (χ2n) is 3.77. The van der Waals surface area contributed by atoms with Crippen LogP contribution in [0.1, 0.15) is 17.6 Å². The number of hydrogen-bond acceptors (Lipinski definition) is 3. The first kappa shape index (κ1) is 11.7. The number of halogens is 1. The van der Waals surface area contributed by atoms with Gasteiger partial charge in [-0.25, -0.2) is 0 Å². The van der Waals surface area contributed by atoms with Gasteiger partial charge in [0.15, 0.2) is 0 Å². The SMILES string of the molecule is CC(Cc1ccco1)NCc1ccc(Cl)s1. The lowest BCUT2D eigenvalue weighted by atomic mass is 10.2. The molecule has 2 heterocycles. The molecule has 4 heteroatoms. The summed E-state index contributed by atoms with van der Waals surface area (Å²) in [6.45, 7) is 3.01. The van der Waals surface area contributed by atoms with Gasteiger partial charge in [0.1, 0.15) is 5.76 Å². The molecular weight excluding hydrogens is 242 g/mol. The number of rotatable bonds is 5. The van der Waals surface area contributed by atoms with E-state index in [-0.39, 0.29) is 0 Å². The molecule has 2 aromatic heterocycles. The number of nitrogens with one attached hydrogen (secondary N) is 1. The van der Waals surface area contributed by atoms with Gasteiger partial charge in [0.05, 0.1) is 10.6 Å². The van der Waals surface area contributed by atoms with Crippen LogP contribution in [0, 0.1) is 0 Å². The van der Waals surface area contributed by atoms with Crippen LogP contribution >= 0.6 is 22.9 Å². The maximum Gasteiger partial charge on any atom is 0.105 e. The fraction of sp³-hybridized carbons (Fsp3) is 0.333. The van der Waals surface area contributed by atoms with Crippen LogP contribution in [0.4, 0.5) is 0 Å². The largest absolute Gasteiger partial charge is 0.469 e. The predicted molar refractivity (Wildman–Crippen MR) is 68.0 cm³/mol. The first-order valence-electron chi connectivity index (χ1n) is 5.24. The minimum atomic E-state index is 0.395. The standard InChI is InChI=1S/C12H14ClNOS/c1-9(7-10-3-2-6-15-10)14-8-11-4-5-12(13)16-11/h2-6,9,14H,7-8H2,1H3. The van der Waals surface area contributed by atoms with Crippen molar-refractivity contribution in [2.45, 2.75) is 25.9 Å². The molecule has 16 heavy (non-hydrogen) atoms. The van der Waals surface area contributed by atoms with Crippen LogP contribution in [-0.4, -0.2) is 6.04 Å². The highest BCUT2D eigenvalue weighted by atomic mass is 35.5. The Bertz CT molecular complexity index is 424. The Kier molecular flexibility index (Phi) is 4.04. The Morgan fingerprint density at radius 1 is 1.44 bits per heavy atom. The fourth-order valence-corrected chi connectivity index (χ4v) is 2.56. The van der Waals surface area contributed by atoms with E-state index >= 15 is 0 Å². The Morgan fingerprint density at radius 2 is 2.31 bits per heavy atom. The molecule has 0 spiro atoms. The predicted octanol–water partition coefficient (Wildman–Crippen LogP) is 3.72. The summed E-state index contributed by atoms with van der Waals surface area (Å²) in [7, 11) is 0. The van der Waals surface area contributed by atoms with Crippen LogP contribution in [0.15, 0.2) is 34.9 Å². The number of thiophene rings is 1. The highest BCUT2D eigenvalue weighted by Crippen LogP contribution is 2.21. The molecule has 1 N–H and O–H groups in total. The van der Waals surface area contributed by atoms with Gasteiger partial charge in [-0.3, -0.25) is 0 Å². The van der Waals surface area contributed by atoms with Crippen LogP contribution < -0.4 is 5.32 Å². The van der Waals surface area contributed by atoms with Crippen molar-refractivity contribution in [3.8, 4) is 0 Å². The first-order valence-corrected chi connectivity index (χ1v) is 6.43. The van der Waals surface area contributed by atoms with E-state index in [1.54, 1.807) is 17.6 Å². The van der Waals surface area contributed by atoms with Gasteiger partial charge in [0.2, 0.25) is 0 Å². The Balaban J connectivity index is 1.77. The minimum Gasteiger partial charge on any atom is -0.469 e. The maximum absolute atomic E-state index is 5.87. The van der Waals surface area contributed by atoms with E-state index < -0.39 is 0 Å². The highest BCUT2D eigenvalue weighted by Gasteiger charge is 2.05. The zero-order valence-electron chi connectivity index (χ0n) is 9.07. The average Bonchev–Trinajstić information content (AvgIpc) is 2.87. The summed E-state index contributed by atoms with van der Waals surface area (Å²) in [5.41, 5.74) is 0. The smallest absolute Gasteiger partial charge is 0.105 e. The molecule has 0 bridgehead atoms. The highest BCUT2D eigenvalue weighted by molar-refractivity contribution is 7.16. The lowest BCUT2D eigenvalue weighted by Crippen LogP contribution is -2.26. The van der Waals surface area contributed by atoms with E-state index in [0.717, 1.165) is 23.1 Å². The van der Waals surface area contributed by atoms with E-state index in [2.05, 4.69) is 18.3 Å². The van der Waals surface area contributed by atoms with Crippen molar-refractivity contribution in [2.75, 3.05) is 0 Å². The number of hydrogen-bond donors (Lipinski definition) is 1. The third-order valence-electron chi connectivity index (χ3n) is 2.34. The lowest BCUT2D eigenvalue weighted by molar-refractivity contribution is 0.457. The molecule has 2 nitrogen and oxygen atoms in total. The molecule has 0 aliphatic carbocycles. The molecule has 0 saturated heterocycles. The molecule has 2 aromatic rings. The maximum atomic E-state index is 5.87. The van der Waals surface area contributed by atoms with Crippen molar-refractivity contribution < 1.29 is 4.42 Å². The first-order chi connectivity index (χ1) is 7.74. The second kappa shape index (κ2) is 5.53. The van der Waals surface area contributed by atoms with E-state index in [0.29, 0.717) is 6.04 Å². The molecule has 1 unspecified atom stereocenters. The third kappa shape index (κ3) is 3.37. The van der Waals surface area contributed by atoms with Gasteiger partial charge in [-0.05, 0) is 31.2 Å².